The van der Waals surface area contributed by atoms with Crippen molar-refractivity contribution in [2.24, 2.45) is 0 Å². The number of nitrogens with zero attached hydrogens (tertiary/aromatic N) is 4. The molecule has 166 valence electrons. The molecule has 0 fully saturated rings. The molecule has 0 spiro atoms. The summed E-state index contributed by atoms with van der Waals surface area (Å²) in [5.41, 5.74) is 2.72. The van der Waals surface area contributed by atoms with E-state index in [0.29, 0.717) is 23.8 Å². The molecule has 1 heterocycles. The van der Waals surface area contributed by atoms with Crippen LogP contribution in [0.2, 0.25) is 0 Å². The highest BCUT2D eigenvalue weighted by Crippen LogP contribution is 2.21. The van der Waals surface area contributed by atoms with Gasteiger partial charge in [0.2, 0.25) is 5.91 Å². The molecule has 0 aliphatic heterocycles. The first-order valence-electron chi connectivity index (χ1n) is 10.3. The van der Waals surface area contributed by atoms with Crippen LogP contribution in [0.15, 0.2) is 90.1 Å². The molecule has 8 nitrogen and oxygen atoms in total. The highest BCUT2D eigenvalue weighted by Gasteiger charge is 2.15. The van der Waals surface area contributed by atoms with Crippen molar-refractivity contribution < 1.29 is 9.72 Å². The highest BCUT2D eigenvalue weighted by molar-refractivity contribution is 7.99. The molecule has 0 aliphatic carbocycles. The summed E-state index contributed by atoms with van der Waals surface area (Å²) in [6.45, 7) is 0.600. The summed E-state index contributed by atoms with van der Waals surface area (Å²) in [7, 11) is 0. The van der Waals surface area contributed by atoms with E-state index >= 15 is 0 Å². The predicted molar refractivity (Wildman–Crippen MR) is 127 cm³/mol. The van der Waals surface area contributed by atoms with Crippen LogP contribution in [-0.4, -0.2) is 31.3 Å². The number of nitro groups is 1. The van der Waals surface area contributed by atoms with E-state index in [1.54, 1.807) is 0 Å². The Labute approximate surface area is 194 Å². The number of aromatic nitrogens is 3. The molecule has 0 saturated carbocycles. The lowest BCUT2D eigenvalue weighted by molar-refractivity contribution is -0.384. The second-order valence-corrected chi connectivity index (χ2v) is 8.22. The number of hydrogen-bond acceptors (Lipinski definition) is 6. The van der Waals surface area contributed by atoms with Crippen LogP contribution in [0.4, 0.5) is 11.4 Å². The van der Waals surface area contributed by atoms with Crippen molar-refractivity contribution in [2.45, 2.75) is 18.1 Å². The molecule has 3 aromatic carbocycles. The van der Waals surface area contributed by atoms with E-state index < -0.39 is 4.92 Å². The zero-order chi connectivity index (χ0) is 23.0. The summed E-state index contributed by atoms with van der Waals surface area (Å²) in [6, 6.07) is 25.8. The lowest BCUT2D eigenvalue weighted by Gasteiger charge is -2.11. The van der Waals surface area contributed by atoms with Gasteiger partial charge in [-0.3, -0.25) is 14.9 Å². The Morgan fingerprint density at radius 3 is 2.18 bits per heavy atom. The van der Waals surface area contributed by atoms with Gasteiger partial charge in [0, 0.05) is 24.2 Å². The van der Waals surface area contributed by atoms with Crippen molar-refractivity contribution >= 4 is 29.0 Å². The molecule has 0 atom stereocenters. The molecular weight excluding hydrogens is 438 g/mol. The third-order valence-corrected chi connectivity index (χ3v) is 5.84. The van der Waals surface area contributed by atoms with Gasteiger partial charge in [0.05, 0.1) is 17.2 Å². The van der Waals surface area contributed by atoms with Gasteiger partial charge in [-0.05, 0) is 23.3 Å². The van der Waals surface area contributed by atoms with Crippen molar-refractivity contribution in [1.29, 1.82) is 0 Å². The molecule has 4 aromatic rings. The maximum atomic E-state index is 12.4. The van der Waals surface area contributed by atoms with Crippen molar-refractivity contribution in [3.05, 3.63) is 112 Å². The third kappa shape index (κ3) is 6.05. The van der Waals surface area contributed by atoms with Gasteiger partial charge in [-0.2, -0.15) is 0 Å². The number of rotatable bonds is 9. The Kier molecular flexibility index (Phi) is 7.11. The zero-order valence-electron chi connectivity index (χ0n) is 17.6. The zero-order valence-corrected chi connectivity index (χ0v) is 18.4. The fourth-order valence-electron chi connectivity index (χ4n) is 3.25. The van der Waals surface area contributed by atoms with Crippen LogP contribution in [0.3, 0.4) is 0 Å². The average molecular weight is 460 g/mol. The standard InChI is InChI=1S/C24H21N5O3S/c30-23(25-20-11-13-21(14-12-20)29(31)32)17-33-24-27-26-22(15-18-7-3-1-4-8-18)28(24)16-19-9-5-2-6-10-19/h1-14H,15-17H2,(H,25,30). The van der Waals surface area contributed by atoms with E-state index in [9.17, 15) is 14.9 Å². The molecule has 33 heavy (non-hydrogen) atoms. The molecule has 1 aromatic heterocycles. The third-order valence-electron chi connectivity index (χ3n) is 4.88. The molecular formula is C24H21N5O3S. The van der Waals surface area contributed by atoms with E-state index in [4.69, 9.17) is 0 Å². The smallest absolute Gasteiger partial charge is 0.269 e. The number of hydrogen-bond donors (Lipinski definition) is 1. The van der Waals surface area contributed by atoms with Crippen LogP contribution in [0, 0.1) is 10.1 Å². The quantitative estimate of drug-likeness (QED) is 0.224. The van der Waals surface area contributed by atoms with E-state index in [1.807, 2.05) is 65.2 Å². The second kappa shape index (κ2) is 10.6. The maximum absolute atomic E-state index is 12.4. The number of carbonyl (C=O) groups excluding carboxylic acids is 1. The first kappa shape index (κ1) is 22.2. The van der Waals surface area contributed by atoms with Gasteiger partial charge in [0.1, 0.15) is 5.82 Å². The normalized spacial score (nSPS) is 10.7. The predicted octanol–water partition coefficient (Wildman–Crippen LogP) is 4.56. The molecule has 0 unspecified atom stereocenters. The molecule has 0 aliphatic rings. The van der Waals surface area contributed by atoms with Gasteiger partial charge >= 0.3 is 0 Å². The Morgan fingerprint density at radius 2 is 1.55 bits per heavy atom. The molecule has 4 rings (SSSR count). The minimum Gasteiger partial charge on any atom is -0.325 e. The largest absolute Gasteiger partial charge is 0.325 e. The van der Waals surface area contributed by atoms with Crippen molar-refractivity contribution in [1.82, 2.24) is 14.8 Å². The average Bonchev–Trinajstić information content (AvgIpc) is 3.20. The van der Waals surface area contributed by atoms with Crippen LogP contribution in [0.5, 0.6) is 0 Å². The number of benzene rings is 3. The van der Waals surface area contributed by atoms with Gasteiger partial charge in [-0.25, -0.2) is 0 Å². The second-order valence-electron chi connectivity index (χ2n) is 7.27. The monoisotopic (exact) mass is 459 g/mol. The summed E-state index contributed by atoms with van der Waals surface area (Å²) in [5.74, 6) is 0.728. The van der Waals surface area contributed by atoms with Gasteiger partial charge in [0.15, 0.2) is 5.16 Å². The summed E-state index contributed by atoms with van der Waals surface area (Å²) in [6.07, 6.45) is 0.635. The number of non-ortho nitro benzene ring substituents is 1. The number of carbonyl (C=O) groups is 1. The number of thioether (sulfide) groups is 1. The topological polar surface area (TPSA) is 103 Å². The Hall–Kier alpha value is -3.98. The minimum atomic E-state index is -0.478. The number of amides is 1. The van der Waals surface area contributed by atoms with Crippen LogP contribution < -0.4 is 5.32 Å². The van der Waals surface area contributed by atoms with Crippen molar-refractivity contribution in [3.8, 4) is 0 Å². The summed E-state index contributed by atoms with van der Waals surface area (Å²) < 4.78 is 2.03. The van der Waals surface area contributed by atoms with Crippen LogP contribution in [0.25, 0.3) is 0 Å². The van der Waals surface area contributed by atoms with E-state index in [-0.39, 0.29) is 17.3 Å². The summed E-state index contributed by atoms with van der Waals surface area (Å²) >= 11 is 1.30. The van der Waals surface area contributed by atoms with Gasteiger partial charge in [-0.1, -0.05) is 72.4 Å². The Bertz CT molecular complexity index is 1230. The van der Waals surface area contributed by atoms with Crippen LogP contribution in [-0.2, 0) is 17.8 Å². The van der Waals surface area contributed by atoms with Gasteiger partial charge in [0.25, 0.3) is 5.69 Å². The minimum absolute atomic E-state index is 0.0256. The number of anilines is 1. The fourth-order valence-corrected chi connectivity index (χ4v) is 4.01. The molecule has 1 amide bonds. The lowest BCUT2D eigenvalue weighted by Crippen LogP contribution is -2.15. The Morgan fingerprint density at radius 1 is 0.909 bits per heavy atom. The van der Waals surface area contributed by atoms with Crippen LogP contribution >= 0.6 is 11.8 Å². The maximum Gasteiger partial charge on any atom is 0.269 e. The number of nitro benzene ring substituents is 1. The number of nitrogens with one attached hydrogen (secondary N) is 1. The van der Waals surface area contributed by atoms with Gasteiger partial charge < -0.3 is 9.88 Å². The summed E-state index contributed by atoms with van der Waals surface area (Å²) in [5, 5.41) is 22.9. The molecule has 1 N–H and O–H groups in total. The first-order valence-corrected chi connectivity index (χ1v) is 11.2. The molecule has 9 heteroatoms. The van der Waals surface area contributed by atoms with E-state index in [1.165, 1.54) is 36.0 Å². The van der Waals surface area contributed by atoms with Crippen molar-refractivity contribution in [2.75, 3.05) is 11.1 Å². The Balaban J connectivity index is 1.46. The first-order chi connectivity index (χ1) is 16.1. The SMILES string of the molecule is O=C(CSc1nnc(Cc2ccccc2)n1Cc1ccccc1)Nc1ccc([N+](=O)[O-])cc1. The summed E-state index contributed by atoms with van der Waals surface area (Å²) in [4.78, 5) is 22.7. The fraction of sp³-hybridized carbons (Fsp3) is 0.125. The van der Waals surface area contributed by atoms with E-state index in [2.05, 4.69) is 15.5 Å². The molecule has 0 radical (unpaired) electrons. The van der Waals surface area contributed by atoms with Gasteiger partial charge in [-0.15, -0.1) is 10.2 Å². The highest BCUT2D eigenvalue weighted by atomic mass is 32.2. The molecule has 0 bridgehead atoms. The van der Waals surface area contributed by atoms with Crippen molar-refractivity contribution in [3.63, 3.8) is 0 Å². The van der Waals surface area contributed by atoms with E-state index in [0.717, 1.165) is 17.0 Å². The molecule has 0 saturated heterocycles. The lowest BCUT2D eigenvalue weighted by atomic mass is 10.1. The van der Waals surface area contributed by atoms with Crippen LogP contribution in [0.1, 0.15) is 17.0 Å².